The molecule has 1 heterocycles. The standard InChI is InChI=1S/C14H11ClFNO/c1-9-5-11(8-17-7-9)13(18)6-10-3-2-4-12(16)14(10)15/h2-5,7-8H,6H2,1H3. The van der Waals surface area contributed by atoms with Gasteiger partial charge >= 0.3 is 0 Å². The molecule has 1 aromatic carbocycles. The molecule has 0 amide bonds. The topological polar surface area (TPSA) is 30.0 Å². The molecule has 0 saturated carbocycles. The summed E-state index contributed by atoms with van der Waals surface area (Å²) in [7, 11) is 0. The van der Waals surface area contributed by atoms with Gasteiger partial charge < -0.3 is 0 Å². The van der Waals surface area contributed by atoms with E-state index >= 15 is 0 Å². The normalized spacial score (nSPS) is 10.4. The average Bonchev–Trinajstić information content (AvgIpc) is 2.35. The number of rotatable bonds is 3. The van der Waals surface area contributed by atoms with Gasteiger partial charge in [-0.05, 0) is 30.2 Å². The van der Waals surface area contributed by atoms with Gasteiger partial charge in [-0.2, -0.15) is 0 Å². The van der Waals surface area contributed by atoms with Crippen LogP contribution < -0.4 is 0 Å². The summed E-state index contributed by atoms with van der Waals surface area (Å²) in [6, 6.07) is 6.21. The van der Waals surface area contributed by atoms with E-state index in [1.54, 1.807) is 24.4 Å². The number of hydrogen-bond acceptors (Lipinski definition) is 2. The van der Waals surface area contributed by atoms with Gasteiger partial charge in [-0.15, -0.1) is 0 Å². The molecule has 0 aliphatic carbocycles. The fourth-order valence-corrected chi connectivity index (χ4v) is 1.86. The van der Waals surface area contributed by atoms with Crippen LogP contribution in [0.5, 0.6) is 0 Å². The van der Waals surface area contributed by atoms with Crippen molar-refractivity contribution in [1.82, 2.24) is 4.98 Å². The molecule has 0 saturated heterocycles. The van der Waals surface area contributed by atoms with Crippen LogP contribution in [0.2, 0.25) is 5.02 Å². The molecule has 2 nitrogen and oxygen atoms in total. The van der Waals surface area contributed by atoms with E-state index in [1.165, 1.54) is 12.3 Å². The molecule has 0 bridgehead atoms. The Morgan fingerprint density at radius 2 is 2.17 bits per heavy atom. The SMILES string of the molecule is Cc1cncc(C(=O)Cc2cccc(F)c2Cl)c1. The molecule has 0 fully saturated rings. The van der Waals surface area contributed by atoms with Crippen LogP contribution in [0, 0.1) is 12.7 Å². The van der Waals surface area contributed by atoms with E-state index in [0.717, 1.165) is 5.56 Å². The predicted octanol–water partition coefficient (Wildman–Crippen LogP) is 3.61. The first-order valence-electron chi connectivity index (χ1n) is 5.45. The zero-order chi connectivity index (χ0) is 13.1. The summed E-state index contributed by atoms with van der Waals surface area (Å²) in [6.45, 7) is 1.86. The van der Waals surface area contributed by atoms with E-state index in [0.29, 0.717) is 11.1 Å². The van der Waals surface area contributed by atoms with Gasteiger partial charge in [0.15, 0.2) is 5.78 Å². The lowest BCUT2D eigenvalue weighted by Gasteiger charge is -2.05. The highest BCUT2D eigenvalue weighted by molar-refractivity contribution is 6.31. The van der Waals surface area contributed by atoms with Crippen LogP contribution in [-0.2, 0) is 6.42 Å². The number of aromatic nitrogens is 1. The molecule has 92 valence electrons. The van der Waals surface area contributed by atoms with E-state index in [9.17, 15) is 9.18 Å². The van der Waals surface area contributed by atoms with E-state index in [4.69, 9.17) is 11.6 Å². The Morgan fingerprint density at radius 3 is 2.89 bits per heavy atom. The van der Waals surface area contributed by atoms with Crippen LogP contribution >= 0.6 is 11.6 Å². The number of aryl methyl sites for hydroxylation is 1. The van der Waals surface area contributed by atoms with E-state index in [2.05, 4.69) is 4.98 Å². The van der Waals surface area contributed by atoms with Crippen LogP contribution in [0.3, 0.4) is 0 Å². The molecule has 2 rings (SSSR count). The largest absolute Gasteiger partial charge is 0.294 e. The Morgan fingerprint density at radius 1 is 1.39 bits per heavy atom. The van der Waals surface area contributed by atoms with Crippen molar-refractivity contribution in [2.24, 2.45) is 0 Å². The predicted molar refractivity (Wildman–Crippen MR) is 68.4 cm³/mol. The summed E-state index contributed by atoms with van der Waals surface area (Å²) in [5.74, 6) is -0.636. The fourth-order valence-electron chi connectivity index (χ4n) is 1.67. The van der Waals surface area contributed by atoms with Crippen molar-refractivity contribution in [2.75, 3.05) is 0 Å². The molecule has 18 heavy (non-hydrogen) atoms. The first-order valence-corrected chi connectivity index (χ1v) is 5.83. The van der Waals surface area contributed by atoms with E-state index < -0.39 is 5.82 Å². The van der Waals surface area contributed by atoms with Crippen LogP contribution in [0.4, 0.5) is 4.39 Å². The summed E-state index contributed by atoms with van der Waals surface area (Å²) in [4.78, 5) is 16.0. The van der Waals surface area contributed by atoms with Crippen molar-refractivity contribution in [3.8, 4) is 0 Å². The number of halogens is 2. The first-order chi connectivity index (χ1) is 8.58. The van der Waals surface area contributed by atoms with Crippen LogP contribution in [0.25, 0.3) is 0 Å². The molecule has 0 unspecified atom stereocenters. The molecule has 0 atom stereocenters. The van der Waals surface area contributed by atoms with Crippen LogP contribution in [-0.4, -0.2) is 10.8 Å². The quantitative estimate of drug-likeness (QED) is 0.792. The van der Waals surface area contributed by atoms with E-state index in [1.807, 2.05) is 6.92 Å². The van der Waals surface area contributed by atoms with Crippen molar-refractivity contribution >= 4 is 17.4 Å². The summed E-state index contributed by atoms with van der Waals surface area (Å²) in [5.41, 5.74) is 1.91. The summed E-state index contributed by atoms with van der Waals surface area (Å²) in [6.07, 6.45) is 3.25. The van der Waals surface area contributed by atoms with Gasteiger partial charge in [0.05, 0.1) is 5.02 Å². The Kier molecular flexibility index (Phi) is 3.72. The second-order valence-electron chi connectivity index (χ2n) is 4.06. The molecule has 0 aliphatic heterocycles. The number of benzene rings is 1. The Hall–Kier alpha value is -1.74. The van der Waals surface area contributed by atoms with Crippen molar-refractivity contribution in [3.63, 3.8) is 0 Å². The Labute approximate surface area is 109 Å². The first kappa shape index (κ1) is 12.7. The molecule has 4 heteroatoms. The number of nitrogens with zero attached hydrogens (tertiary/aromatic N) is 1. The van der Waals surface area contributed by atoms with Crippen LogP contribution in [0.15, 0.2) is 36.7 Å². The number of carbonyl (C=O) groups excluding carboxylic acids is 1. The third-order valence-corrected chi connectivity index (χ3v) is 3.00. The monoisotopic (exact) mass is 263 g/mol. The molecule has 0 radical (unpaired) electrons. The van der Waals surface area contributed by atoms with Crippen molar-refractivity contribution in [1.29, 1.82) is 0 Å². The highest BCUT2D eigenvalue weighted by Crippen LogP contribution is 2.21. The summed E-state index contributed by atoms with van der Waals surface area (Å²) < 4.78 is 13.2. The van der Waals surface area contributed by atoms with Gasteiger partial charge in [-0.1, -0.05) is 23.7 Å². The summed E-state index contributed by atoms with van der Waals surface area (Å²) >= 11 is 5.81. The highest BCUT2D eigenvalue weighted by atomic mass is 35.5. The minimum atomic E-state index is -0.510. The number of ketones is 1. The molecular weight excluding hydrogens is 253 g/mol. The Balaban J connectivity index is 2.24. The molecule has 0 aliphatic rings. The molecule has 2 aromatic rings. The lowest BCUT2D eigenvalue weighted by molar-refractivity contribution is 0.0992. The maximum absolute atomic E-state index is 13.2. The lowest BCUT2D eigenvalue weighted by atomic mass is 10.0. The molecule has 0 N–H and O–H groups in total. The molecule has 0 spiro atoms. The third kappa shape index (κ3) is 2.74. The molecular formula is C14H11ClFNO. The molecule has 1 aromatic heterocycles. The van der Waals surface area contributed by atoms with Gasteiger partial charge in [-0.25, -0.2) is 4.39 Å². The van der Waals surface area contributed by atoms with Crippen LogP contribution in [0.1, 0.15) is 21.5 Å². The zero-order valence-electron chi connectivity index (χ0n) is 9.78. The third-order valence-electron chi connectivity index (χ3n) is 2.58. The van der Waals surface area contributed by atoms with Gasteiger partial charge in [0.1, 0.15) is 5.82 Å². The minimum absolute atomic E-state index is 0.00598. The number of pyridine rings is 1. The highest BCUT2D eigenvalue weighted by Gasteiger charge is 2.12. The van der Waals surface area contributed by atoms with Gasteiger partial charge in [-0.3, -0.25) is 9.78 Å². The van der Waals surface area contributed by atoms with Gasteiger partial charge in [0.25, 0.3) is 0 Å². The average molecular weight is 264 g/mol. The van der Waals surface area contributed by atoms with Gasteiger partial charge in [0, 0.05) is 24.4 Å². The maximum atomic E-state index is 13.2. The number of hydrogen-bond donors (Lipinski definition) is 0. The smallest absolute Gasteiger partial charge is 0.168 e. The Bertz CT molecular complexity index is 598. The second kappa shape index (κ2) is 5.27. The fraction of sp³-hybridized carbons (Fsp3) is 0.143. The summed E-state index contributed by atoms with van der Waals surface area (Å²) in [5, 5.41) is 0.00598. The maximum Gasteiger partial charge on any atom is 0.168 e. The van der Waals surface area contributed by atoms with Crippen molar-refractivity contribution in [2.45, 2.75) is 13.3 Å². The van der Waals surface area contributed by atoms with Crippen molar-refractivity contribution < 1.29 is 9.18 Å². The van der Waals surface area contributed by atoms with Gasteiger partial charge in [0.2, 0.25) is 0 Å². The number of carbonyl (C=O) groups is 1. The lowest BCUT2D eigenvalue weighted by Crippen LogP contribution is -2.05. The second-order valence-corrected chi connectivity index (χ2v) is 4.44. The minimum Gasteiger partial charge on any atom is -0.294 e. The van der Waals surface area contributed by atoms with Crippen molar-refractivity contribution in [3.05, 3.63) is 64.2 Å². The number of Topliss-reactive ketones (excluding diaryl/α,β-unsaturated/α-hetero) is 1. The zero-order valence-corrected chi connectivity index (χ0v) is 10.5. The van der Waals surface area contributed by atoms with E-state index in [-0.39, 0.29) is 17.2 Å².